The summed E-state index contributed by atoms with van der Waals surface area (Å²) in [6.07, 6.45) is 1.54. The van der Waals surface area contributed by atoms with Crippen LogP contribution in [0.1, 0.15) is 26.3 Å². The van der Waals surface area contributed by atoms with Crippen LogP contribution in [0.25, 0.3) is 0 Å². The fourth-order valence-corrected chi connectivity index (χ4v) is 1.76. The van der Waals surface area contributed by atoms with Gasteiger partial charge in [-0.15, -0.1) is 5.10 Å². The zero-order chi connectivity index (χ0) is 10.6. The molecule has 0 aromatic carbocycles. The molecule has 0 aliphatic heterocycles. The van der Waals surface area contributed by atoms with E-state index in [-0.39, 0.29) is 0 Å². The van der Waals surface area contributed by atoms with Crippen molar-refractivity contribution >= 4 is 11.8 Å². The first-order chi connectivity index (χ1) is 6.65. The molecule has 0 fully saturated rings. The Bertz CT molecular complexity index is 343. The van der Waals surface area contributed by atoms with Gasteiger partial charge in [0.15, 0.2) is 0 Å². The molecule has 0 saturated carbocycles. The number of rotatable bonds is 3. The second-order valence-electron chi connectivity index (χ2n) is 3.43. The first kappa shape index (κ1) is 11.0. The zero-order valence-corrected chi connectivity index (χ0v) is 9.38. The highest BCUT2D eigenvalue weighted by molar-refractivity contribution is 7.99. The molecule has 1 atom stereocenters. The summed E-state index contributed by atoms with van der Waals surface area (Å²) in [6.45, 7) is 6.44. The van der Waals surface area contributed by atoms with Gasteiger partial charge in [-0.3, -0.25) is 0 Å². The van der Waals surface area contributed by atoms with Gasteiger partial charge in [-0.25, -0.2) is 0 Å². The minimum Gasteiger partial charge on any atom is -0.192 e. The third kappa shape index (κ3) is 2.71. The average molecular weight is 207 g/mol. The van der Waals surface area contributed by atoms with Gasteiger partial charge in [0.1, 0.15) is 11.1 Å². The van der Waals surface area contributed by atoms with Gasteiger partial charge in [0.25, 0.3) is 0 Å². The van der Waals surface area contributed by atoms with E-state index >= 15 is 0 Å². The van der Waals surface area contributed by atoms with Crippen molar-refractivity contribution in [3.63, 3.8) is 0 Å². The molecule has 4 heteroatoms. The van der Waals surface area contributed by atoms with Gasteiger partial charge in [-0.2, -0.15) is 10.4 Å². The third-order valence-electron chi connectivity index (χ3n) is 2.04. The van der Waals surface area contributed by atoms with Crippen LogP contribution in [0.5, 0.6) is 0 Å². The highest BCUT2D eigenvalue weighted by atomic mass is 32.2. The van der Waals surface area contributed by atoms with E-state index in [1.807, 2.05) is 0 Å². The van der Waals surface area contributed by atoms with Crippen molar-refractivity contribution in [2.45, 2.75) is 31.0 Å². The molecule has 0 spiro atoms. The number of nitriles is 1. The Morgan fingerprint density at radius 3 is 2.71 bits per heavy atom. The van der Waals surface area contributed by atoms with Crippen LogP contribution < -0.4 is 0 Å². The molecule has 3 nitrogen and oxygen atoms in total. The molecule has 74 valence electrons. The predicted octanol–water partition coefficient (Wildman–Crippen LogP) is 2.48. The van der Waals surface area contributed by atoms with Gasteiger partial charge in [-0.1, -0.05) is 32.5 Å². The molecule has 0 radical (unpaired) electrons. The SMILES string of the molecule is CC(C)C(C)Sc1nnccc1C#N. The lowest BCUT2D eigenvalue weighted by Crippen LogP contribution is -2.06. The Kier molecular flexibility index (Phi) is 3.90. The summed E-state index contributed by atoms with van der Waals surface area (Å²) in [7, 11) is 0. The molecule has 14 heavy (non-hydrogen) atoms. The van der Waals surface area contributed by atoms with Crippen molar-refractivity contribution in [2.75, 3.05) is 0 Å². The number of hydrogen-bond acceptors (Lipinski definition) is 4. The molecule has 1 aromatic rings. The highest BCUT2D eigenvalue weighted by Crippen LogP contribution is 2.27. The molecule has 0 aliphatic rings. The topological polar surface area (TPSA) is 49.6 Å². The van der Waals surface area contributed by atoms with E-state index in [2.05, 4.69) is 37.0 Å². The molecular formula is C10H13N3S. The van der Waals surface area contributed by atoms with Crippen LogP contribution in [0.3, 0.4) is 0 Å². The molecule has 0 saturated heterocycles. The molecule has 1 rings (SSSR count). The maximum absolute atomic E-state index is 8.84. The van der Waals surface area contributed by atoms with Crippen LogP contribution in [0, 0.1) is 17.2 Å². The largest absolute Gasteiger partial charge is 0.192 e. The van der Waals surface area contributed by atoms with Crippen molar-refractivity contribution in [3.8, 4) is 6.07 Å². The van der Waals surface area contributed by atoms with E-state index < -0.39 is 0 Å². The molecule has 0 amide bonds. The smallest absolute Gasteiger partial charge is 0.137 e. The van der Waals surface area contributed by atoms with Gasteiger partial charge < -0.3 is 0 Å². The quantitative estimate of drug-likeness (QED) is 0.714. The Labute approximate surface area is 88.5 Å². The summed E-state index contributed by atoms with van der Waals surface area (Å²) < 4.78 is 0. The predicted molar refractivity (Wildman–Crippen MR) is 56.9 cm³/mol. The van der Waals surface area contributed by atoms with Crippen molar-refractivity contribution in [2.24, 2.45) is 5.92 Å². The summed E-state index contributed by atoms with van der Waals surface area (Å²) in [5.41, 5.74) is 0.609. The highest BCUT2D eigenvalue weighted by Gasteiger charge is 2.12. The van der Waals surface area contributed by atoms with Crippen LogP contribution in [-0.4, -0.2) is 15.4 Å². The van der Waals surface area contributed by atoms with Crippen LogP contribution in [0.2, 0.25) is 0 Å². The zero-order valence-electron chi connectivity index (χ0n) is 8.56. The molecule has 1 heterocycles. The monoisotopic (exact) mass is 207 g/mol. The Balaban J connectivity index is 2.82. The maximum Gasteiger partial charge on any atom is 0.137 e. The molecule has 1 unspecified atom stereocenters. The normalized spacial score (nSPS) is 12.5. The number of thioether (sulfide) groups is 1. The summed E-state index contributed by atoms with van der Waals surface area (Å²) in [5, 5.41) is 17.8. The van der Waals surface area contributed by atoms with E-state index in [0.717, 1.165) is 5.03 Å². The average Bonchev–Trinajstić information content (AvgIpc) is 2.18. The van der Waals surface area contributed by atoms with Crippen LogP contribution >= 0.6 is 11.8 Å². The van der Waals surface area contributed by atoms with Gasteiger partial charge in [0.2, 0.25) is 0 Å². The van der Waals surface area contributed by atoms with Crippen LogP contribution in [0.4, 0.5) is 0 Å². The number of aromatic nitrogens is 2. The summed E-state index contributed by atoms with van der Waals surface area (Å²) in [4.78, 5) is 0. The van der Waals surface area contributed by atoms with E-state index in [1.54, 1.807) is 24.0 Å². The fourth-order valence-electron chi connectivity index (χ4n) is 0.803. The Hall–Kier alpha value is -1.08. The van der Waals surface area contributed by atoms with Crippen molar-refractivity contribution < 1.29 is 0 Å². The van der Waals surface area contributed by atoms with Crippen molar-refractivity contribution in [3.05, 3.63) is 17.8 Å². The molecule has 0 bridgehead atoms. The van der Waals surface area contributed by atoms with E-state index in [4.69, 9.17) is 5.26 Å². The molecule has 0 N–H and O–H groups in total. The van der Waals surface area contributed by atoms with E-state index in [0.29, 0.717) is 16.7 Å². The van der Waals surface area contributed by atoms with Crippen molar-refractivity contribution in [1.82, 2.24) is 10.2 Å². The lowest BCUT2D eigenvalue weighted by molar-refractivity contribution is 0.641. The lowest BCUT2D eigenvalue weighted by atomic mass is 10.2. The number of hydrogen-bond donors (Lipinski definition) is 0. The molecule has 0 aliphatic carbocycles. The number of nitrogens with zero attached hydrogens (tertiary/aromatic N) is 3. The summed E-state index contributed by atoms with van der Waals surface area (Å²) in [6, 6.07) is 3.81. The van der Waals surface area contributed by atoms with Crippen molar-refractivity contribution in [1.29, 1.82) is 5.26 Å². The molecular weight excluding hydrogens is 194 g/mol. The Morgan fingerprint density at radius 1 is 1.43 bits per heavy atom. The van der Waals surface area contributed by atoms with Gasteiger partial charge in [0, 0.05) is 5.25 Å². The fraction of sp³-hybridized carbons (Fsp3) is 0.500. The first-order valence-electron chi connectivity index (χ1n) is 4.53. The lowest BCUT2D eigenvalue weighted by Gasteiger charge is -2.13. The molecule has 1 aromatic heterocycles. The Morgan fingerprint density at radius 2 is 2.14 bits per heavy atom. The van der Waals surface area contributed by atoms with Gasteiger partial charge in [-0.05, 0) is 12.0 Å². The standard InChI is InChI=1S/C10H13N3S/c1-7(2)8(3)14-10-9(6-11)4-5-12-13-10/h4-5,7-8H,1-3H3. The van der Waals surface area contributed by atoms with E-state index in [1.165, 1.54) is 0 Å². The minimum atomic E-state index is 0.443. The minimum absolute atomic E-state index is 0.443. The van der Waals surface area contributed by atoms with Crippen LogP contribution in [0.15, 0.2) is 17.3 Å². The summed E-state index contributed by atoms with van der Waals surface area (Å²) >= 11 is 1.61. The summed E-state index contributed by atoms with van der Waals surface area (Å²) in [5.74, 6) is 0.563. The second-order valence-corrected chi connectivity index (χ2v) is 4.79. The maximum atomic E-state index is 8.84. The van der Waals surface area contributed by atoms with E-state index in [9.17, 15) is 0 Å². The third-order valence-corrected chi connectivity index (χ3v) is 3.48. The van der Waals surface area contributed by atoms with Gasteiger partial charge >= 0.3 is 0 Å². The van der Waals surface area contributed by atoms with Gasteiger partial charge in [0.05, 0.1) is 11.8 Å². The first-order valence-corrected chi connectivity index (χ1v) is 5.41. The van der Waals surface area contributed by atoms with Crippen LogP contribution in [-0.2, 0) is 0 Å². The second kappa shape index (κ2) is 4.97.